The third-order valence-electron chi connectivity index (χ3n) is 4.26. The summed E-state index contributed by atoms with van der Waals surface area (Å²) in [7, 11) is 1.77. The fourth-order valence-corrected chi connectivity index (χ4v) is 4.12. The van der Waals surface area contributed by atoms with Gasteiger partial charge in [-0.3, -0.25) is 9.59 Å². The van der Waals surface area contributed by atoms with Gasteiger partial charge in [-0.15, -0.1) is 10.2 Å². The molecular formula is C20H18Cl3N5O2S. The molecule has 3 aromatic rings. The van der Waals surface area contributed by atoms with Gasteiger partial charge in [-0.05, 0) is 37.3 Å². The van der Waals surface area contributed by atoms with Crippen molar-refractivity contribution in [2.75, 3.05) is 11.1 Å². The third-order valence-corrected chi connectivity index (χ3v) is 6.16. The van der Waals surface area contributed by atoms with Gasteiger partial charge in [0.2, 0.25) is 5.91 Å². The van der Waals surface area contributed by atoms with Crippen molar-refractivity contribution < 1.29 is 9.59 Å². The number of nitrogens with zero attached hydrogens (tertiary/aromatic N) is 3. The van der Waals surface area contributed by atoms with Crippen molar-refractivity contribution in [3.05, 3.63) is 68.9 Å². The minimum absolute atomic E-state index is 0.102. The van der Waals surface area contributed by atoms with E-state index in [1.165, 1.54) is 11.8 Å². The molecule has 0 saturated carbocycles. The number of benzene rings is 2. The molecule has 0 aliphatic carbocycles. The van der Waals surface area contributed by atoms with Gasteiger partial charge in [0.15, 0.2) is 11.0 Å². The zero-order valence-electron chi connectivity index (χ0n) is 16.5. The first-order chi connectivity index (χ1) is 14.8. The van der Waals surface area contributed by atoms with Crippen molar-refractivity contribution in [3.8, 4) is 0 Å². The second-order valence-electron chi connectivity index (χ2n) is 6.54. The lowest BCUT2D eigenvalue weighted by molar-refractivity contribution is -0.113. The molecule has 0 radical (unpaired) electrons. The van der Waals surface area contributed by atoms with Crippen LogP contribution in [0.1, 0.15) is 29.1 Å². The lowest BCUT2D eigenvalue weighted by atomic mass is 10.2. The second kappa shape index (κ2) is 10.4. The van der Waals surface area contributed by atoms with Gasteiger partial charge < -0.3 is 15.2 Å². The number of nitrogens with one attached hydrogen (secondary N) is 2. The van der Waals surface area contributed by atoms with Crippen molar-refractivity contribution in [1.82, 2.24) is 20.1 Å². The Kier molecular flexibility index (Phi) is 7.83. The molecule has 0 spiro atoms. The van der Waals surface area contributed by atoms with Crippen LogP contribution in [-0.2, 0) is 11.8 Å². The average molecular weight is 499 g/mol. The molecular weight excluding hydrogens is 481 g/mol. The van der Waals surface area contributed by atoms with E-state index < -0.39 is 6.04 Å². The van der Waals surface area contributed by atoms with E-state index in [0.717, 1.165) is 0 Å². The SMILES string of the molecule is C[C@H](NC(=O)c1ccccc1Cl)c1nnc(SCC(=O)Nc2ccc(Cl)cc2Cl)n1C. The Labute approximate surface area is 198 Å². The van der Waals surface area contributed by atoms with Gasteiger partial charge in [-0.25, -0.2) is 0 Å². The van der Waals surface area contributed by atoms with Crippen LogP contribution in [0.2, 0.25) is 15.1 Å². The van der Waals surface area contributed by atoms with Gasteiger partial charge in [-0.1, -0.05) is 58.7 Å². The Morgan fingerprint density at radius 2 is 1.84 bits per heavy atom. The highest BCUT2D eigenvalue weighted by atomic mass is 35.5. The number of amides is 2. The molecule has 0 saturated heterocycles. The van der Waals surface area contributed by atoms with Crippen molar-refractivity contribution >= 4 is 64.1 Å². The summed E-state index contributed by atoms with van der Waals surface area (Å²) in [6.45, 7) is 1.79. The maximum atomic E-state index is 12.5. The third kappa shape index (κ3) is 5.92. The van der Waals surface area contributed by atoms with E-state index in [1.54, 1.807) is 61.0 Å². The van der Waals surface area contributed by atoms with E-state index in [9.17, 15) is 9.59 Å². The number of hydrogen-bond acceptors (Lipinski definition) is 5. The minimum Gasteiger partial charge on any atom is -0.342 e. The molecule has 0 fully saturated rings. The Morgan fingerprint density at radius 3 is 2.55 bits per heavy atom. The molecule has 7 nitrogen and oxygen atoms in total. The fourth-order valence-electron chi connectivity index (χ4n) is 2.72. The highest BCUT2D eigenvalue weighted by molar-refractivity contribution is 7.99. The molecule has 162 valence electrons. The van der Waals surface area contributed by atoms with Crippen LogP contribution >= 0.6 is 46.6 Å². The Bertz CT molecular complexity index is 1120. The molecule has 2 amide bonds. The van der Waals surface area contributed by atoms with Crippen LogP contribution in [0.4, 0.5) is 5.69 Å². The van der Waals surface area contributed by atoms with Gasteiger partial charge in [-0.2, -0.15) is 0 Å². The monoisotopic (exact) mass is 497 g/mol. The zero-order valence-corrected chi connectivity index (χ0v) is 19.6. The van der Waals surface area contributed by atoms with Crippen LogP contribution < -0.4 is 10.6 Å². The highest BCUT2D eigenvalue weighted by Gasteiger charge is 2.20. The molecule has 1 aromatic heterocycles. The molecule has 1 atom stereocenters. The lowest BCUT2D eigenvalue weighted by Crippen LogP contribution is -2.28. The molecule has 11 heteroatoms. The topological polar surface area (TPSA) is 88.9 Å². The summed E-state index contributed by atoms with van der Waals surface area (Å²) in [6.07, 6.45) is 0. The molecule has 2 aromatic carbocycles. The van der Waals surface area contributed by atoms with Gasteiger partial charge in [0.25, 0.3) is 5.91 Å². The first-order valence-corrected chi connectivity index (χ1v) is 11.2. The summed E-state index contributed by atoms with van der Waals surface area (Å²) in [5.41, 5.74) is 0.858. The second-order valence-corrected chi connectivity index (χ2v) is 8.73. The largest absolute Gasteiger partial charge is 0.342 e. The lowest BCUT2D eigenvalue weighted by Gasteiger charge is -2.14. The zero-order chi connectivity index (χ0) is 22.5. The van der Waals surface area contributed by atoms with Crippen LogP contribution in [0.3, 0.4) is 0 Å². The van der Waals surface area contributed by atoms with Gasteiger partial charge in [0.05, 0.1) is 33.1 Å². The van der Waals surface area contributed by atoms with Crippen molar-refractivity contribution in [3.63, 3.8) is 0 Å². The predicted octanol–water partition coefficient (Wildman–Crippen LogP) is 5.00. The maximum absolute atomic E-state index is 12.5. The Hall–Kier alpha value is -2.26. The average Bonchev–Trinajstić information content (AvgIpc) is 3.09. The minimum atomic E-state index is -0.419. The molecule has 1 heterocycles. The smallest absolute Gasteiger partial charge is 0.253 e. The number of anilines is 1. The molecule has 31 heavy (non-hydrogen) atoms. The van der Waals surface area contributed by atoms with E-state index in [2.05, 4.69) is 20.8 Å². The molecule has 0 aliphatic rings. The molecule has 0 bridgehead atoms. The van der Waals surface area contributed by atoms with Crippen LogP contribution in [0.25, 0.3) is 0 Å². The number of aromatic nitrogens is 3. The summed E-state index contributed by atoms with van der Waals surface area (Å²) in [5, 5.41) is 15.6. The van der Waals surface area contributed by atoms with Crippen molar-refractivity contribution in [2.24, 2.45) is 7.05 Å². The van der Waals surface area contributed by atoms with Gasteiger partial charge in [0.1, 0.15) is 0 Å². The van der Waals surface area contributed by atoms with E-state index >= 15 is 0 Å². The number of rotatable bonds is 7. The van der Waals surface area contributed by atoms with E-state index in [1.807, 2.05) is 0 Å². The summed E-state index contributed by atoms with van der Waals surface area (Å²) in [6, 6.07) is 11.2. The van der Waals surface area contributed by atoms with Gasteiger partial charge in [0, 0.05) is 12.1 Å². The van der Waals surface area contributed by atoms with Crippen LogP contribution in [-0.4, -0.2) is 32.3 Å². The molecule has 0 aliphatic heterocycles. The van der Waals surface area contributed by atoms with Gasteiger partial charge >= 0.3 is 0 Å². The summed E-state index contributed by atoms with van der Waals surface area (Å²) < 4.78 is 1.73. The highest BCUT2D eigenvalue weighted by Crippen LogP contribution is 2.26. The Morgan fingerprint density at radius 1 is 1.10 bits per heavy atom. The van der Waals surface area contributed by atoms with E-state index in [4.69, 9.17) is 34.8 Å². The van der Waals surface area contributed by atoms with Crippen molar-refractivity contribution in [1.29, 1.82) is 0 Å². The number of thioether (sulfide) groups is 1. The van der Waals surface area contributed by atoms with Crippen LogP contribution in [0.5, 0.6) is 0 Å². The van der Waals surface area contributed by atoms with Crippen LogP contribution in [0, 0.1) is 0 Å². The summed E-state index contributed by atoms with van der Waals surface area (Å²) >= 11 is 19.2. The predicted molar refractivity (Wildman–Crippen MR) is 124 cm³/mol. The van der Waals surface area contributed by atoms with Crippen molar-refractivity contribution in [2.45, 2.75) is 18.1 Å². The number of carbonyl (C=O) groups excluding carboxylic acids is 2. The quantitative estimate of drug-likeness (QED) is 0.448. The first-order valence-electron chi connectivity index (χ1n) is 9.08. The number of hydrogen-bond donors (Lipinski definition) is 2. The maximum Gasteiger partial charge on any atom is 0.253 e. The number of halogens is 3. The first kappa shape index (κ1) is 23.4. The molecule has 0 unspecified atom stereocenters. The standard InChI is InChI=1S/C20H18Cl3N5O2S/c1-11(24-19(30)13-5-3-4-6-14(13)22)18-26-27-20(28(18)2)31-10-17(29)25-16-8-7-12(21)9-15(16)23/h3-9,11H,10H2,1-2H3,(H,24,30)(H,25,29)/t11-/m0/s1. The molecule has 2 N–H and O–H groups in total. The van der Waals surface area contributed by atoms with Crippen LogP contribution in [0.15, 0.2) is 47.6 Å². The van der Waals surface area contributed by atoms with E-state index in [0.29, 0.717) is 37.3 Å². The Balaban J connectivity index is 1.59. The summed E-state index contributed by atoms with van der Waals surface area (Å²) in [4.78, 5) is 24.7. The molecule has 3 rings (SSSR count). The summed E-state index contributed by atoms with van der Waals surface area (Å²) in [5.74, 6) is 0.0862. The van der Waals surface area contributed by atoms with E-state index in [-0.39, 0.29) is 17.6 Å². The normalized spacial score (nSPS) is 11.8. The number of carbonyl (C=O) groups is 2. The fraction of sp³-hybridized carbons (Fsp3) is 0.200.